The van der Waals surface area contributed by atoms with Crippen LogP contribution in [0.2, 0.25) is 0 Å². The minimum absolute atomic E-state index is 0.0486. The molecule has 4 saturated heterocycles. The van der Waals surface area contributed by atoms with Crippen molar-refractivity contribution in [3.63, 3.8) is 0 Å². The number of anilines is 1. The van der Waals surface area contributed by atoms with Crippen LogP contribution in [0.4, 0.5) is 10.5 Å². The summed E-state index contributed by atoms with van der Waals surface area (Å²) in [5, 5.41) is 5.06. The van der Waals surface area contributed by atoms with Gasteiger partial charge in [0.15, 0.2) is 10.8 Å². The summed E-state index contributed by atoms with van der Waals surface area (Å²) in [6, 6.07) is 7.28. The molecule has 0 unspecified atom stereocenters. The summed E-state index contributed by atoms with van der Waals surface area (Å²) in [6.07, 6.45) is 6.84. The first-order chi connectivity index (χ1) is 38.4. The van der Waals surface area contributed by atoms with Gasteiger partial charge in [-0.05, 0) is 146 Å². The van der Waals surface area contributed by atoms with Crippen molar-refractivity contribution in [1.82, 2.24) is 35.2 Å². The number of halogens is 1. The highest BCUT2D eigenvalue weighted by molar-refractivity contribution is 9.10. The van der Waals surface area contributed by atoms with Crippen LogP contribution in [0.1, 0.15) is 144 Å². The molecule has 5 fully saturated rings. The van der Waals surface area contributed by atoms with Crippen molar-refractivity contribution >= 4 is 63.1 Å². The number of nitrogens with zero attached hydrogens (tertiary/aromatic N) is 6. The normalized spacial score (nSPS) is 21.3. The first-order valence-corrected chi connectivity index (χ1v) is 29.9. The number of benzene rings is 1. The first-order valence-electron chi connectivity index (χ1n) is 29.1. The van der Waals surface area contributed by atoms with Crippen LogP contribution in [0.15, 0.2) is 45.7 Å². The van der Waals surface area contributed by atoms with E-state index in [-0.39, 0.29) is 37.9 Å². The highest BCUT2D eigenvalue weighted by atomic mass is 79.9. The molecule has 0 radical (unpaired) electrons. The number of hydrazine groups is 1. The van der Waals surface area contributed by atoms with Crippen molar-refractivity contribution in [2.45, 2.75) is 181 Å². The van der Waals surface area contributed by atoms with E-state index in [1.807, 2.05) is 13.1 Å². The average Bonchev–Trinajstić information content (AvgIpc) is 4.29. The summed E-state index contributed by atoms with van der Waals surface area (Å²) in [5.74, 6) is -1.02. The van der Waals surface area contributed by atoms with E-state index in [1.165, 1.54) is 24.0 Å². The van der Waals surface area contributed by atoms with E-state index in [0.717, 1.165) is 83.6 Å². The van der Waals surface area contributed by atoms with Crippen LogP contribution in [0.25, 0.3) is 22.2 Å². The molecular formula is C59H86BBrN8O12. The number of methoxy groups -OCH3 is 1. The summed E-state index contributed by atoms with van der Waals surface area (Å²) in [7, 11) is 1.11. The summed E-state index contributed by atoms with van der Waals surface area (Å²) >= 11 is 3.29. The summed E-state index contributed by atoms with van der Waals surface area (Å²) in [5.41, 5.74) is 7.31. The smallest absolute Gasteiger partial charge is 0.464 e. The Kier molecular flexibility index (Phi) is 19.0. The van der Waals surface area contributed by atoms with Crippen molar-refractivity contribution in [2.75, 3.05) is 77.8 Å². The topological polar surface area (TPSA) is 203 Å². The third-order valence-corrected chi connectivity index (χ3v) is 16.9. The predicted molar refractivity (Wildman–Crippen MR) is 311 cm³/mol. The molecular weight excluding hydrogens is 1100 g/mol. The Morgan fingerprint density at radius 3 is 2.30 bits per heavy atom. The Hall–Kier alpha value is -4.65. The zero-order valence-corrected chi connectivity index (χ0v) is 51.3. The number of rotatable bonds is 21. The number of ether oxygens (including phenoxy) is 6. The number of hydrogen-bond donors (Lipinski definition) is 2. The molecule has 9 rings (SSSR count). The van der Waals surface area contributed by atoms with Gasteiger partial charge < -0.3 is 56.9 Å². The summed E-state index contributed by atoms with van der Waals surface area (Å²) < 4.78 is 58.2. The number of fused-ring (bicyclic) bond motifs is 1. The number of amides is 2. The molecule has 0 spiro atoms. The Balaban J connectivity index is 1.04. The molecule has 7 heterocycles. The number of hydrogen-bond acceptors (Lipinski definition) is 17. The Labute approximate surface area is 486 Å². The predicted octanol–water partition coefficient (Wildman–Crippen LogP) is 8.22. The SMILES string of the molecule is CCO[C@@H](c1ncc(Br)o1)[C@H](NC(=O)OC(C)(C)C)C(=O)N1CCC[C@@H](C(=O)OCC(C)(C)Cc2c(-c3cc(N4CCN(C5CC5)CC4)cnc3[C@H](C)OC)n(CCOC3CCOCC3)c3ccc(B4OC(C)(C)C(C)(C)O4)cc23)N1. The highest BCUT2D eigenvalue weighted by Gasteiger charge is 2.52. The fourth-order valence-electron chi connectivity index (χ4n) is 11.3. The number of oxazole rings is 1. The zero-order valence-electron chi connectivity index (χ0n) is 49.7. The monoisotopic (exact) mass is 1190 g/mol. The maximum absolute atomic E-state index is 14.6. The van der Waals surface area contributed by atoms with Crippen LogP contribution >= 0.6 is 15.9 Å². The minimum Gasteiger partial charge on any atom is -0.464 e. The average molecular weight is 1190 g/mol. The quantitative estimate of drug-likeness (QED) is 0.0596. The molecule has 2 N–H and O–H groups in total. The van der Waals surface area contributed by atoms with Crippen LogP contribution < -0.4 is 21.1 Å². The van der Waals surface area contributed by atoms with Gasteiger partial charge in [-0.3, -0.25) is 24.5 Å². The molecule has 1 aromatic carbocycles. The lowest BCUT2D eigenvalue weighted by Crippen LogP contribution is -2.61. The minimum atomic E-state index is -1.34. The van der Waals surface area contributed by atoms with Gasteiger partial charge in [0.1, 0.15) is 17.7 Å². The van der Waals surface area contributed by atoms with Crippen LogP contribution in [-0.2, 0) is 60.3 Å². The molecule has 0 bridgehead atoms. The van der Waals surface area contributed by atoms with Crippen LogP contribution in [0.3, 0.4) is 0 Å². The standard InChI is InChI=1S/C59H86BBrN8O12/c1-13-75-51(52-63-35-47(61)78-52)49(64-55(72)79-56(3,4)5)53(70)69-22-14-15-45(65-69)54(71)77-36-57(6,7)33-44-42-31-38(60-80-58(8,9)59(10,11)81-60)16-19-46(42)68(27-30-76-41-20-28-74-29-21-41)50(44)43-32-40(34-62-48(43)37(2)73-12)67-25-23-66(24-26-67)39-17-18-39/h16,19,31-32,34-35,37,39,41,45,49,51,65H,13-15,17-18,20-30,33,36H2,1-12H3,(H,64,72)/t37-,45-,49-,51+/m0/s1. The van der Waals surface area contributed by atoms with E-state index >= 15 is 0 Å². The first kappa shape index (κ1) is 60.9. The number of pyridine rings is 1. The molecule has 22 heteroatoms. The molecule has 20 nitrogen and oxygen atoms in total. The number of alkyl carbamates (subject to hydrolysis) is 1. The number of carbonyl (C=O) groups excluding carboxylic acids is 3. The Bertz CT molecular complexity index is 2820. The van der Waals surface area contributed by atoms with Gasteiger partial charge in [0.2, 0.25) is 5.89 Å². The van der Waals surface area contributed by atoms with E-state index in [9.17, 15) is 14.4 Å². The molecule has 3 aromatic heterocycles. The molecule has 1 aliphatic carbocycles. The number of nitrogens with one attached hydrogen (secondary N) is 2. The largest absolute Gasteiger partial charge is 0.494 e. The molecule has 2 amide bonds. The maximum atomic E-state index is 14.6. The van der Waals surface area contributed by atoms with Crippen molar-refractivity contribution in [3.8, 4) is 11.3 Å². The van der Waals surface area contributed by atoms with Gasteiger partial charge in [0, 0.05) is 94.1 Å². The van der Waals surface area contributed by atoms with E-state index < -0.39 is 65.5 Å². The fraction of sp³-hybridized carbons (Fsp3) is 0.678. The zero-order chi connectivity index (χ0) is 58.0. The summed E-state index contributed by atoms with van der Waals surface area (Å²) in [6.45, 7) is 28.1. The Morgan fingerprint density at radius 2 is 1.65 bits per heavy atom. The summed E-state index contributed by atoms with van der Waals surface area (Å²) in [4.78, 5) is 57.0. The molecule has 5 aliphatic rings. The van der Waals surface area contributed by atoms with E-state index in [0.29, 0.717) is 56.3 Å². The molecule has 4 aliphatic heterocycles. The van der Waals surface area contributed by atoms with Gasteiger partial charge >= 0.3 is 19.2 Å². The van der Waals surface area contributed by atoms with Crippen molar-refractivity contribution in [1.29, 1.82) is 0 Å². The van der Waals surface area contributed by atoms with Gasteiger partial charge in [0.05, 0.1) is 66.1 Å². The molecule has 4 aromatic rings. The second-order valence-electron chi connectivity index (χ2n) is 25.0. The van der Waals surface area contributed by atoms with Gasteiger partial charge in [-0.25, -0.2) is 15.2 Å². The molecule has 81 heavy (non-hydrogen) atoms. The van der Waals surface area contributed by atoms with Gasteiger partial charge in [-0.15, -0.1) is 0 Å². The van der Waals surface area contributed by atoms with Gasteiger partial charge in [-0.2, -0.15) is 0 Å². The highest BCUT2D eigenvalue weighted by Crippen LogP contribution is 2.43. The lowest BCUT2D eigenvalue weighted by molar-refractivity contribution is -0.156. The fourth-order valence-corrected chi connectivity index (χ4v) is 11.5. The number of carbonyl (C=O) groups is 3. The molecule has 4 atom stereocenters. The van der Waals surface area contributed by atoms with Crippen LogP contribution in [-0.4, -0.2) is 163 Å². The second-order valence-corrected chi connectivity index (χ2v) is 25.8. The van der Waals surface area contributed by atoms with Crippen molar-refractivity contribution in [2.24, 2.45) is 5.41 Å². The third-order valence-electron chi connectivity index (χ3n) is 16.5. The number of esters is 1. The van der Waals surface area contributed by atoms with Crippen LogP contribution in [0.5, 0.6) is 0 Å². The third kappa shape index (κ3) is 14.5. The maximum Gasteiger partial charge on any atom is 0.494 e. The van der Waals surface area contributed by atoms with Gasteiger partial charge in [-0.1, -0.05) is 26.0 Å². The second kappa shape index (κ2) is 25.3. The van der Waals surface area contributed by atoms with E-state index in [2.05, 4.69) is 112 Å². The molecule has 444 valence electrons. The number of aromatic nitrogens is 3. The van der Waals surface area contributed by atoms with Gasteiger partial charge in [0.25, 0.3) is 5.91 Å². The lowest BCUT2D eigenvalue weighted by Gasteiger charge is -2.37. The van der Waals surface area contributed by atoms with Crippen molar-refractivity contribution < 1.29 is 56.5 Å². The van der Waals surface area contributed by atoms with Crippen LogP contribution in [0, 0.1) is 5.41 Å². The van der Waals surface area contributed by atoms with E-state index in [4.69, 9.17) is 47.1 Å². The van der Waals surface area contributed by atoms with Crippen molar-refractivity contribution in [3.05, 3.63) is 58.5 Å². The Morgan fingerprint density at radius 1 is 0.938 bits per heavy atom. The molecule has 1 saturated carbocycles. The number of piperazine rings is 1. The lowest BCUT2D eigenvalue weighted by atomic mass is 9.77. The van der Waals surface area contributed by atoms with E-state index in [1.54, 1.807) is 34.8 Å².